The summed E-state index contributed by atoms with van der Waals surface area (Å²) in [6, 6.07) is 9.85. The maximum absolute atomic E-state index is 12.8. The van der Waals surface area contributed by atoms with E-state index in [1.165, 1.54) is 6.42 Å². The molecule has 3 saturated carbocycles. The molecule has 0 aromatic heterocycles. The number of benzene rings is 1. The van der Waals surface area contributed by atoms with Gasteiger partial charge in [-0.15, -0.1) is 0 Å². The minimum absolute atomic E-state index is 0.0328. The summed E-state index contributed by atoms with van der Waals surface area (Å²) in [5.74, 6) is 1.97. The van der Waals surface area contributed by atoms with Crippen molar-refractivity contribution in [1.29, 1.82) is 0 Å². The van der Waals surface area contributed by atoms with Gasteiger partial charge in [0.1, 0.15) is 18.1 Å². The largest absolute Gasteiger partial charge is 0.491 e. The number of nitrogens with one attached hydrogen (secondary N) is 1. The van der Waals surface area contributed by atoms with Gasteiger partial charge in [0.15, 0.2) is 0 Å². The summed E-state index contributed by atoms with van der Waals surface area (Å²) in [5.41, 5.74) is 0. The fourth-order valence-electron chi connectivity index (χ4n) is 6.11. The Labute approximate surface area is 203 Å². The van der Waals surface area contributed by atoms with E-state index in [0.717, 1.165) is 44.3 Å². The van der Waals surface area contributed by atoms with E-state index < -0.39 is 12.2 Å². The molecule has 7 unspecified atom stereocenters. The van der Waals surface area contributed by atoms with Crippen molar-refractivity contribution >= 4 is 11.7 Å². The van der Waals surface area contributed by atoms with Crippen LogP contribution in [0.1, 0.15) is 71.1 Å². The molecular formula is C28H41NO5. The normalized spacial score (nSPS) is 30.4. The van der Waals surface area contributed by atoms with Crippen LogP contribution < -0.4 is 10.1 Å². The summed E-state index contributed by atoms with van der Waals surface area (Å²) in [5, 5.41) is 24.3. The van der Waals surface area contributed by atoms with Crippen LogP contribution in [0.3, 0.4) is 0 Å². The molecule has 6 heteroatoms. The highest BCUT2D eigenvalue weighted by molar-refractivity contribution is 5.84. The molecule has 1 aromatic rings. The molecule has 1 amide bonds. The quantitative estimate of drug-likeness (QED) is 0.406. The second-order valence-corrected chi connectivity index (χ2v) is 11.0. The van der Waals surface area contributed by atoms with Crippen molar-refractivity contribution in [3.8, 4) is 5.75 Å². The van der Waals surface area contributed by atoms with Gasteiger partial charge in [-0.1, -0.05) is 25.1 Å². The highest BCUT2D eigenvalue weighted by Crippen LogP contribution is 2.47. The maximum Gasteiger partial charge on any atom is 0.220 e. The van der Waals surface area contributed by atoms with Crippen LogP contribution >= 0.6 is 0 Å². The lowest BCUT2D eigenvalue weighted by Crippen LogP contribution is -2.35. The third-order valence-electron chi connectivity index (χ3n) is 8.27. The molecule has 3 N–H and O–H groups in total. The Balaban J connectivity index is 1.23. The lowest BCUT2D eigenvalue weighted by Gasteiger charge is -2.40. The van der Waals surface area contributed by atoms with Gasteiger partial charge in [-0.25, -0.2) is 0 Å². The fraction of sp³-hybridized carbons (Fsp3) is 0.714. The number of rotatable bonds is 13. The topological polar surface area (TPSA) is 95.9 Å². The minimum atomic E-state index is -0.642. The van der Waals surface area contributed by atoms with Gasteiger partial charge in [0, 0.05) is 24.8 Å². The Kier molecular flexibility index (Phi) is 8.65. The molecule has 0 spiro atoms. The second kappa shape index (κ2) is 11.7. The van der Waals surface area contributed by atoms with Crippen LogP contribution in [0, 0.1) is 29.6 Å². The van der Waals surface area contributed by atoms with Crippen LogP contribution in [0.5, 0.6) is 5.75 Å². The van der Waals surface area contributed by atoms with Gasteiger partial charge in [0.05, 0.1) is 12.2 Å². The van der Waals surface area contributed by atoms with Crippen molar-refractivity contribution in [3.05, 3.63) is 30.3 Å². The van der Waals surface area contributed by atoms with Gasteiger partial charge >= 0.3 is 0 Å². The summed E-state index contributed by atoms with van der Waals surface area (Å²) < 4.78 is 5.68. The van der Waals surface area contributed by atoms with E-state index in [2.05, 4.69) is 5.32 Å². The molecule has 0 radical (unpaired) electrons. The van der Waals surface area contributed by atoms with Crippen LogP contribution in [0.4, 0.5) is 0 Å². The Bertz CT molecular complexity index is 810. The van der Waals surface area contributed by atoms with Crippen molar-refractivity contribution < 1.29 is 24.5 Å². The van der Waals surface area contributed by atoms with E-state index in [9.17, 15) is 19.8 Å². The third kappa shape index (κ3) is 6.82. The van der Waals surface area contributed by atoms with Crippen LogP contribution in [-0.2, 0) is 9.59 Å². The highest BCUT2D eigenvalue weighted by Gasteiger charge is 2.47. The predicted molar refractivity (Wildman–Crippen MR) is 130 cm³/mol. The number of Topliss-reactive ketones (excluding diaryl/α,β-unsaturated/α-hetero) is 1. The molecule has 3 fully saturated rings. The predicted octanol–water partition coefficient (Wildman–Crippen LogP) is 3.88. The van der Waals surface area contributed by atoms with Crippen LogP contribution in [0.2, 0.25) is 0 Å². The molecular weight excluding hydrogens is 430 g/mol. The van der Waals surface area contributed by atoms with Crippen LogP contribution in [0.15, 0.2) is 30.3 Å². The van der Waals surface area contributed by atoms with E-state index in [1.807, 2.05) is 37.3 Å². The van der Waals surface area contributed by atoms with Gasteiger partial charge in [-0.3, -0.25) is 9.59 Å². The Morgan fingerprint density at radius 1 is 1.15 bits per heavy atom. The molecule has 0 bridgehead atoms. The first-order valence-corrected chi connectivity index (χ1v) is 13.3. The molecule has 1 aromatic carbocycles. The average molecular weight is 472 g/mol. The molecule has 3 aliphatic rings. The van der Waals surface area contributed by atoms with E-state index >= 15 is 0 Å². The number of carbonyl (C=O) groups is 2. The smallest absolute Gasteiger partial charge is 0.220 e. The van der Waals surface area contributed by atoms with Crippen LogP contribution in [-0.4, -0.2) is 46.8 Å². The van der Waals surface area contributed by atoms with E-state index in [-0.39, 0.29) is 42.5 Å². The molecule has 6 nitrogen and oxygen atoms in total. The molecule has 7 atom stereocenters. The lowest BCUT2D eigenvalue weighted by atomic mass is 9.65. The maximum atomic E-state index is 12.8. The van der Waals surface area contributed by atoms with Crippen LogP contribution in [0.25, 0.3) is 0 Å². The third-order valence-corrected chi connectivity index (χ3v) is 8.27. The average Bonchev–Trinajstić information content (AvgIpc) is 3.56. The van der Waals surface area contributed by atoms with E-state index in [4.69, 9.17) is 4.74 Å². The minimum Gasteiger partial charge on any atom is -0.491 e. The molecule has 3 aliphatic carbocycles. The number of hydrogen-bond donors (Lipinski definition) is 3. The Hall–Kier alpha value is -1.92. The molecule has 0 aliphatic heterocycles. The van der Waals surface area contributed by atoms with Crippen molar-refractivity contribution in [3.63, 3.8) is 0 Å². The summed E-state index contributed by atoms with van der Waals surface area (Å²) >= 11 is 0. The Morgan fingerprint density at radius 2 is 1.88 bits per heavy atom. The van der Waals surface area contributed by atoms with Crippen molar-refractivity contribution in [2.45, 2.75) is 89.4 Å². The summed E-state index contributed by atoms with van der Waals surface area (Å²) in [7, 11) is 0. The zero-order valence-corrected chi connectivity index (χ0v) is 20.4. The molecule has 0 heterocycles. The molecule has 4 rings (SSSR count). The number of ether oxygens (including phenoxy) is 1. The first kappa shape index (κ1) is 25.2. The molecule has 34 heavy (non-hydrogen) atoms. The van der Waals surface area contributed by atoms with Gasteiger partial charge in [0.25, 0.3) is 0 Å². The Morgan fingerprint density at radius 3 is 2.56 bits per heavy atom. The summed E-state index contributed by atoms with van der Waals surface area (Å²) in [6.07, 6.45) is 7.40. The van der Waals surface area contributed by atoms with Gasteiger partial charge < -0.3 is 20.3 Å². The first-order valence-electron chi connectivity index (χ1n) is 13.3. The number of amides is 1. The van der Waals surface area contributed by atoms with Crippen molar-refractivity contribution in [2.75, 3.05) is 6.61 Å². The highest BCUT2D eigenvalue weighted by atomic mass is 16.5. The van der Waals surface area contributed by atoms with Gasteiger partial charge in [0.2, 0.25) is 5.91 Å². The summed E-state index contributed by atoms with van der Waals surface area (Å²) in [6.45, 7) is 2.25. The number of hydrogen-bond acceptors (Lipinski definition) is 5. The second-order valence-electron chi connectivity index (χ2n) is 11.0. The first-order chi connectivity index (χ1) is 16.4. The lowest BCUT2D eigenvalue weighted by molar-refractivity contribution is -0.122. The number of para-hydroxylation sites is 1. The zero-order valence-electron chi connectivity index (χ0n) is 20.4. The van der Waals surface area contributed by atoms with E-state index in [0.29, 0.717) is 30.7 Å². The monoisotopic (exact) mass is 471 g/mol. The van der Waals surface area contributed by atoms with Gasteiger partial charge in [-0.2, -0.15) is 0 Å². The van der Waals surface area contributed by atoms with Crippen molar-refractivity contribution in [2.24, 2.45) is 29.6 Å². The number of ketones is 1. The SMILES string of the molecule is CC(CC(O)COc1ccccc1)C1C(O)CC(=O)C1CC1CCC1CCCC(=O)NC1CC1. The zero-order chi connectivity index (χ0) is 24.1. The fourth-order valence-corrected chi connectivity index (χ4v) is 6.11. The number of aliphatic hydroxyl groups excluding tert-OH is 2. The van der Waals surface area contributed by atoms with Crippen molar-refractivity contribution in [1.82, 2.24) is 5.32 Å². The number of carbonyl (C=O) groups excluding carboxylic acids is 2. The standard InChI is InChI=1S/C28H41NO5/c1-18(14-22(30)17-34-23-7-3-2-4-8-23)28-24(25(31)16-26(28)32)15-20-11-10-19(20)6-5-9-27(33)29-21-12-13-21/h2-4,7-8,18-22,24,26,28,30,32H,5-6,9-17H2,1H3,(H,29,33). The molecule has 0 saturated heterocycles. The van der Waals surface area contributed by atoms with Gasteiger partial charge in [-0.05, 0) is 87.2 Å². The summed E-state index contributed by atoms with van der Waals surface area (Å²) in [4.78, 5) is 24.7. The molecule has 188 valence electrons. The number of aliphatic hydroxyl groups is 2. The van der Waals surface area contributed by atoms with E-state index in [1.54, 1.807) is 0 Å².